The van der Waals surface area contributed by atoms with Gasteiger partial charge >= 0.3 is 18.2 Å². The number of hydrogen-bond donors (Lipinski definition) is 3. The van der Waals surface area contributed by atoms with Gasteiger partial charge in [-0.25, -0.2) is 19.6 Å². The number of carbonyl (C=O) groups is 2. The Balaban J connectivity index is 1.39. The number of nitrogens with one attached hydrogen (secondary N) is 2. The van der Waals surface area contributed by atoms with Gasteiger partial charge in [0.1, 0.15) is 16.4 Å². The highest BCUT2D eigenvalue weighted by Gasteiger charge is 2.34. The summed E-state index contributed by atoms with van der Waals surface area (Å²) in [5.41, 5.74) is -0.526. The summed E-state index contributed by atoms with van der Waals surface area (Å²) in [6.45, 7) is 8.67. The Morgan fingerprint density at radius 2 is 1.88 bits per heavy atom. The molecule has 1 atom stereocenters. The summed E-state index contributed by atoms with van der Waals surface area (Å²) in [6, 6.07) is 5.81. The number of rotatable bonds is 9. The van der Waals surface area contributed by atoms with Gasteiger partial charge in [0, 0.05) is 79.6 Å². The molecule has 0 aliphatic carbocycles. The molecule has 49 heavy (non-hydrogen) atoms. The first kappa shape index (κ1) is 34.5. The monoisotopic (exact) mass is 699 g/mol. The van der Waals surface area contributed by atoms with Crippen molar-refractivity contribution in [2.24, 2.45) is 0 Å². The molecule has 260 valence electrons. The normalized spacial score (nSPS) is 17.7. The molecule has 2 amide bonds. The fourth-order valence-electron chi connectivity index (χ4n) is 6.33. The van der Waals surface area contributed by atoms with Gasteiger partial charge in [0.05, 0.1) is 18.7 Å². The van der Waals surface area contributed by atoms with Crippen molar-refractivity contribution in [3.8, 4) is 21.7 Å². The molecule has 16 heteroatoms. The number of amides is 2. The van der Waals surface area contributed by atoms with E-state index in [9.17, 15) is 32.7 Å². The number of benzene rings is 1. The second-order valence-electron chi connectivity index (χ2n) is 12.0. The van der Waals surface area contributed by atoms with Crippen LogP contribution in [0.4, 0.5) is 23.8 Å². The predicted molar refractivity (Wildman–Crippen MR) is 179 cm³/mol. The van der Waals surface area contributed by atoms with Crippen LogP contribution in [0.3, 0.4) is 0 Å². The molecule has 2 aliphatic heterocycles. The molecule has 2 aliphatic rings. The summed E-state index contributed by atoms with van der Waals surface area (Å²) in [4.78, 5) is 51.0. The highest BCUT2D eigenvalue weighted by molar-refractivity contribution is 7.13. The third-order valence-corrected chi connectivity index (χ3v) is 9.67. The second kappa shape index (κ2) is 14.6. The molecular formula is C33H36F3N7O5S. The fourth-order valence-corrected chi connectivity index (χ4v) is 7.18. The van der Waals surface area contributed by atoms with Crippen molar-refractivity contribution in [1.29, 1.82) is 0 Å². The molecule has 1 aromatic carbocycles. The van der Waals surface area contributed by atoms with Gasteiger partial charge in [0.2, 0.25) is 5.43 Å². The van der Waals surface area contributed by atoms with Crippen LogP contribution < -0.4 is 16.1 Å². The average Bonchev–Trinajstić information content (AvgIpc) is 3.60. The van der Waals surface area contributed by atoms with Crippen molar-refractivity contribution < 1.29 is 32.6 Å². The zero-order valence-corrected chi connectivity index (χ0v) is 27.6. The van der Waals surface area contributed by atoms with E-state index in [-0.39, 0.29) is 33.4 Å². The number of fused-ring (bicyclic) bond motifs is 1. The summed E-state index contributed by atoms with van der Waals surface area (Å²) >= 11 is 0.779. The van der Waals surface area contributed by atoms with Crippen LogP contribution in [0.5, 0.6) is 0 Å². The molecule has 2 fully saturated rings. The average molecular weight is 700 g/mol. The Morgan fingerprint density at radius 1 is 1.10 bits per heavy atom. The van der Waals surface area contributed by atoms with Gasteiger partial charge in [0.15, 0.2) is 5.69 Å². The van der Waals surface area contributed by atoms with Gasteiger partial charge in [-0.2, -0.15) is 13.2 Å². The van der Waals surface area contributed by atoms with E-state index in [2.05, 4.69) is 30.4 Å². The number of aromatic carboxylic acids is 1. The number of thiazole rings is 1. The fraction of sp³-hybridized carbons (Fsp3) is 0.424. The van der Waals surface area contributed by atoms with E-state index in [4.69, 9.17) is 4.74 Å². The van der Waals surface area contributed by atoms with Gasteiger partial charge in [-0.1, -0.05) is 6.07 Å². The Kier molecular flexibility index (Phi) is 10.3. The lowest BCUT2D eigenvalue weighted by Gasteiger charge is -2.36. The molecular weight excluding hydrogens is 663 g/mol. The van der Waals surface area contributed by atoms with Crippen LogP contribution in [0.2, 0.25) is 0 Å². The molecule has 0 unspecified atom stereocenters. The number of likely N-dealkylation sites (tertiary alicyclic amines) is 1. The smallest absolute Gasteiger partial charge is 0.434 e. The molecule has 12 nitrogen and oxygen atoms in total. The zero-order valence-electron chi connectivity index (χ0n) is 26.8. The third kappa shape index (κ3) is 7.77. The molecule has 0 bridgehead atoms. The highest BCUT2D eigenvalue weighted by Crippen LogP contribution is 2.39. The van der Waals surface area contributed by atoms with E-state index >= 15 is 0 Å². The second-order valence-corrected chi connectivity index (χ2v) is 12.9. The van der Waals surface area contributed by atoms with Crippen molar-refractivity contribution in [3.63, 3.8) is 0 Å². The van der Waals surface area contributed by atoms with Crippen molar-refractivity contribution in [2.45, 2.75) is 32.0 Å². The Labute approximate surface area is 283 Å². The lowest BCUT2D eigenvalue weighted by molar-refractivity contribution is -0.140. The van der Waals surface area contributed by atoms with E-state index in [1.54, 1.807) is 25.1 Å². The van der Waals surface area contributed by atoms with Gasteiger partial charge in [-0.3, -0.25) is 15.0 Å². The van der Waals surface area contributed by atoms with Gasteiger partial charge in [-0.05, 0) is 50.1 Å². The van der Waals surface area contributed by atoms with Crippen LogP contribution >= 0.6 is 11.3 Å². The number of nitrogens with zero attached hydrogens (tertiary/aromatic N) is 5. The molecule has 4 aromatic rings. The Bertz CT molecular complexity index is 1910. The summed E-state index contributed by atoms with van der Waals surface area (Å²) in [6.07, 6.45) is -0.151. The number of anilines is 1. The number of urea groups is 1. The first-order valence-corrected chi connectivity index (χ1v) is 16.9. The van der Waals surface area contributed by atoms with Crippen molar-refractivity contribution in [1.82, 2.24) is 29.7 Å². The van der Waals surface area contributed by atoms with Crippen LogP contribution in [0.25, 0.3) is 32.6 Å². The maximum atomic E-state index is 13.6. The largest absolute Gasteiger partial charge is 0.477 e. The summed E-state index contributed by atoms with van der Waals surface area (Å²) in [5, 5.41) is 16.3. The number of ether oxygens (including phenoxy) is 1. The van der Waals surface area contributed by atoms with Crippen molar-refractivity contribution >= 4 is 40.1 Å². The Morgan fingerprint density at radius 3 is 2.59 bits per heavy atom. The highest BCUT2D eigenvalue weighted by atomic mass is 32.1. The number of pyridine rings is 2. The minimum absolute atomic E-state index is 0.0276. The molecule has 2 saturated heterocycles. The standard InChI is InChI=1S/C33H36F3N7O5S/c1-2-37-32(47)40-28-15-22(30-39-27(19-49-30)33(34,35)36)24(16-38-28)20-5-6-26-23(14-20)29(44)25(31(45)46)18-43(26)21-4-3-7-42(17-21)9-8-41-10-12-48-13-11-41/h5-6,14-16,18-19,21H,2-4,7-13,17H2,1H3,(H,45,46)(H2,37,38,40,47)/t21-/m1/s1. The summed E-state index contributed by atoms with van der Waals surface area (Å²) < 4.78 is 47.9. The molecule has 3 N–H and O–H groups in total. The molecule has 3 aromatic heterocycles. The number of alkyl halides is 3. The van der Waals surface area contributed by atoms with Crippen LogP contribution in [0.1, 0.15) is 41.9 Å². The minimum Gasteiger partial charge on any atom is -0.477 e. The number of carbonyl (C=O) groups excluding carboxylic acids is 1. The summed E-state index contributed by atoms with van der Waals surface area (Å²) in [5.74, 6) is -1.27. The lowest BCUT2D eigenvalue weighted by Crippen LogP contribution is -2.44. The van der Waals surface area contributed by atoms with Crippen LogP contribution in [0.15, 0.2) is 46.8 Å². The molecule has 5 heterocycles. The van der Waals surface area contributed by atoms with E-state index in [0.29, 0.717) is 29.7 Å². The zero-order chi connectivity index (χ0) is 34.7. The number of carboxylic acid groups (broad SMARTS) is 1. The van der Waals surface area contributed by atoms with E-state index in [0.717, 1.165) is 75.5 Å². The molecule has 0 spiro atoms. The SMILES string of the molecule is CCNC(=O)Nc1cc(-c2nc(C(F)(F)F)cs2)c(-c2ccc3c(c2)c(=O)c(C(=O)O)cn3[C@@H]2CCCN(CCN3CCOCC3)C2)cn1. The van der Waals surface area contributed by atoms with Gasteiger partial charge < -0.3 is 24.6 Å². The number of piperidine rings is 1. The van der Waals surface area contributed by atoms with Gasteiger partial charge in [0.25, 0.3) is 0 Å². The predicted octanol–water partition coefficient (Wildman–Crippen LogP) is 5.01. The van der Waals surface area contributed by atoms with Crippen LogP contribution in [-0.4, -0.2) is 100 Å². The Hall–Kier alpha value is -4.38. The lowest BCUT2D eigenvalue weighted by atomic mass is 9.98. The quantitative estimate of drug-likeness (QED) is 0.220. The number of aromatic nitrogens is 3. The summed E-state index contributed by atoms with van der Waals surface area (Å²) in [7, 11) is 0. The molecule has 6 rings (SSSR count). The third-order valence-electron chi connectivity index (χ3n) is 8.79. The van der Waals surface area contributed by atoms with Crippen LogP contribution in [0, 0.1) is 0 Å². The molecule has 0 saturated carbocycles. The van der Waals surface area contributed by atoms with Gasteiger partial charge in [-0.15, -0.1) is 11.3 Å². The molecule has 0 radical (unpaired) electrons. The van der Waals surface area contributed by atoms with E-state index < -0.39 is 29.3 Å². The minimum atomic E-state index is -4.66. The number of morpholine rings is 1. The number of carboxylic acids is 1. The number of halogens is 3. The van der Waals surface area contributed by atoms with E-state index in [1.807, 2.05) is 4.57 Å². The number of hydrogen-bond acceptors (Lipinski definition) is 9. The first-order chi connectivity index (χ1) is 23.5. The van der Waals surface area contributed by atoms with Crippen molar-refractivity contribution in [3.05, 3.63) is 63.5 Å². The topological polar surface area (TPSA) is 142 Å². The van der Waals surface area contributed by atoms with Crippen LogP contribution in [-0.2, 0) is 10.9 Å². The van der Waals surface area contributed by atoms with Crippen molar-refractivity contribution in [2.75, 3.05) is 64.3 Å². The van der Waals surface area contributed by atoms with E-state index in [1.165, 1.54) is 18.5 Å². The first-order valence-electron chi connectivity index (χ1n) is 16.0. The maximum absolute atomic E-state index is 13.6. The maximum Gasteiger partial charge on any atom is 0.434 e.